The predicted molar refractivity (Wildman–Crippen MR) is 76.7 cm³/mol. The van der Waals surface area contributed by atoms with Gasteiger partial charge >= 0.3 is 0 Å². The number of H-pyrrole nitrogens is 1. The summed E-state index contributed by atoms with van der Waals surface area (Å²) in [5, 5.41) is 25.9. The van der Waals surface area contributed by atoms with Crippen LogP contribution in [0.15, 0.2) is 35.7 Å². The summed E-state index contributed by atoms with van der Waals surface area (Å²) in [7, 11) is 1.57. The standard InChI is InChI=1S/C15H14N4O3/c1-21-7-11-13-12(8-2-4-9(20)5-3-8)10(6-16)14(17)22-15(13)19-18-11/h2-5,12,20H,7,17H2,1H3,(H,18,19). The maximum atomic E-state index is 9.46. The molecule has 4 N–H and O–H groups in total. The molecule has 2 heterocycles. The van der Waals surface area contributed by atoms with Crippen LogP contribution in [0.4, 0.5) is 0 Å². The van der Waals surface area contributed by atoms with Crippen molar-refractivity contribution in [3.8, 4) is 17.7 Å². The Bertz CT molecular complexity index is 771. The van der Waals surface area contributed by atoms with Gasteiger partial charge in [0.2, 0.25) is 11.8 Å². The molecule has 0 aliphatic carbocycles. The normalized spacial score (nSPS) is 16.8. The molecule has 0 bridgehead atoms. The smallest absolute Gasteiger partial charge is 0.244 e. The Kier molecular flexibility index (Phi) is 3.45. The number of methoxy groups -OCH3 is 1. The minimum Gasteiger partial charge on any atom is -0.508 e. The second kappa shape index (κ2) is 5.42. The van der Waals surface area contributed by atoms with Gasteiger partial charge in [-0.2, -0.15) is 5.26 Å². The van der Waals surface area contributed by atoms with Crippen LogP contribution >= 0.6 is 0 Å². The number of hydrogen-bond donors (Lipinski definition) is 3. The number of benzene rings is 1. The summed E-state index contributed by atoms with van der Waals surface area (Å²) in [6.07, 6.45) is 0. The molecule has 0 amide bonds. The zero-order chi connectivity index (χ0) is 15.7. The van der Waals surface area contributed by atoms with Gasteiger partial charge in [0.1, 0.15) is 17.4 Å². The van der Waals surface area contributed by atoms with Gasteiger partial charge in [-0.05, 0) is 17.7 Å². The molecule has 3 rings (SSSR count). The molecule has 2 aromatic rings. The lowest BCUT2D eigenvalue weighted by atomic mass is 9.84. The van der Waals surface area contributed by atoms with Crippen LogP contribution in [0.1, 0.15) is 22.7 Å². The van der Waals surface area contributed by atoms with Gasteiger partial charge in [0.25, 0.3) is 0 Å². The van der Waals surface area contributed by atoms with E-state index >= 15 is 0 Å². The molecule has 22 heavy (non-hydrogen) atoms. The Balaban J connectivity index is 2.19. The first-order valence-electron chi connectivity index (χ1n) is 6.58. The average Bonchev–Trinajstić information content (AvgIpc) is 2.90. The van der Waals surface area contributed by atoms with E-state index in [9.17, 15) is 10.4 Å². The van der Waals surface area contributed by atoms with Crippen LogP contribution in [0.5, 0.6) is 11.6 Å². The molecule has 0 radical (unpaired) electrons. The largest absolute Gasteiger partial charge is 0.508 e. The van der Waals surface area contributed by atoms with E-state index in [1.165, 1.54) is 0 Å². The van der Waals surface area contributed by atoms with Crippen LogP contribution in [0, 0.1) is 11.3 Å². The van der Waals surface area contributed by atoms with Crippen molar-refractivity contribution in [1.82, 2.24) is 10.2 Å². The number of nitriles is 1. The van der Waals surface area contributed by atoms with E-state index in [0.717, 1.165) is 16.8 Å². The summed E-state index contributed by atoms with van der Waals surface area (Å²) in [6, 6.07) is 8.70. The summed E-state index contributed by atoms with van der Waals surface area (Å²) >= 11 is 0. The topological polar surface area (TPSA) is 117 Å². The van der Waals surface area contributed by atoms with Crippen molar-refractivity contribution >= 4 is 0 Å². The third-order valence-electron chi connectivity index (χ3n) is 3.53. The van der Waals surface area contributed by atoms with Gasteiger partial charge in [-0.3, -0.25) is 5.10 Å². The Hall–Kier alpha value is -2.98. The van der Waals surface area contributed by atoms with Crippen LogP contribution < -0.4 is 10.5 Å². The number of rotatable bonds is 3. The number of hydrogen-bond acceptors (Lipinski definition) is 6. The zero-order valence-electron chi connectivity index (χ0n) is 11.8. The van der Waals surface area contributed by atoms with E-state index in [2.05, 4.69) is 16.3 Å². The van der Waals surface area contributed by atoms with E-state index in [4.69, 9.17) is 15.2 Å². The first-order valence-corrected chi connectivity index (χ1v) is 6.58. The lowest BCUT2D eigenvalue weighted by Crippen LogP contribution is -2.21. The van der Waals surface area contributed by atoms with Crippen molar-refractivity contribution in [2.75, 3.05) is 7.11 Å². The molecule has 1 atom stereocenters. The van der Waals surface area contributed by atoms with E-state index in [1.54, 1.807) is 31.4 Å². The summed E-state index contributed by atoms with van der Waals surface area (Å²) in [4.78, 5) is 0. The molecule has 0 saturated heterocycles. The van der Waals surface area contributed by atoms with Crippen molar-refractivity contribution in [2.45, 2.75) is 12.5 Å². The molecule has 1 aromatic heterocycles. The number of ether oxygens (including phenoxy) is 2. The van der Waals surface area contributed by atoms with Gasteiger partial charge in [0.15, 0.2) is 0 Å². The molecule has 1 aliphatic heterocycles. The quantitative estimate of drug-likeness (QED) is 0.790. The van der Waals surface area contributed by atoms with Crippen molar-refractivity contribution in [1.29, 1.82) is 5.26 Å². The van der Waals surface area contributed by atoms with Crippen molar-refractivity contribution in [3.05, 3.63) is 52.5 Å². The van der Waals surface area contributed by atoms with E-state index in [0.29, 0.717) is 18.1 Å². The number of phenols is 1. The highest BCUT2D eigenvalue weighted by Crippen LogP contribution is 2.43. The summed E-state index contributed by atoms with van der Waals surface area (Å²) in [5.41, 5.74) is 8.39. The number of aromatic amines is 1. The lowest BCUT2D eigenvalue weighted by molar-refractivity contribution is 0.180. The first-order chi connectivity index (χ1) is 10.7. The number of nitrogens with zero attached hydrogens (tertiary/aromatic N) is 2. The van der Waals surface area contributed by atoms with Crippen LogP contribution in [-0.2, 0) is 11.3 Å². The average molecular weight is 298 g/mol. The number of aromatic nitrogens is 2. The molecule has 1 aliphatic rings. The van der Waals surface area contributed by atoms with Crippen LogP contribution in [0.25, 0.3) is 0 Å². The third-order valence-corrected chi connectivity index (χ3v) is 3.53. The number of nitrogens with two attached hydrogens (primary N) is 1. The molecular weight excluding hydrogens is 284 g/mol. The number of nitrogens with one attached hydrogen (secondary N) is 1. The SMILES string of the molecule is COCc1[nH]nc2c1C(c1ccc(O)cc1)C(C#N)=C(N)O2. The summed E-state index contributed by atoms with van der Waals surface area (Å²) < 4.78 is 10.6. The number of allylic oxidation sites excluding steroid dienone is 1. The van der Waals surface area contributed by atoms with Gasteiger partial charge in [-0.15, -0.1) is 5.10 Å². The Morgan fingerprint density at radius 3 is 2.82 bits per heavy atom. The zero-order valence-corrected chi connectivity index (χ0v) is 11.8. The maximum Gasteiger partial charge on any atom is 0.244 e. The number of phenolic OH excluding ortho intramolecular Hbond substituents is 1. The van der Waals surface area contributed by atoms with E-state index < -0.39 is 5.92 Å². The molecule has 7 nitrogen and oxygen atoms in total. The molecule has 0 spiro atoms. The highest BCUT2D eigenvalue weighted by Gasteiger charge is 2.35. The van der Waals surface area contributed by atoms with Crippen molar-refractivity contribution < 1.29 is 14.6 Å². The lowest BCUT2D eigenvalue weighted by Gasteiger charge is -2.24. The van der Waals surface area contributed by atoms with Gasteiger partial charge < -0.3 is 20.3 Å². The fourth-order valence-electron chi connectivity index (χ4n) is 2.56. The monoisotopic (exact) mass is 298 g/mol. The minimum atomic E-state index is -0.418. The first kappa shape index (κ1) is 14.0. The van der Waals surface area contributed by atoms with Gasteiger partial charge in [0, 0.05) is 7.11 Å². The molecule has 1 unspecified atom stereocenters. The number of aromatic hydroxyl groups is 1. The molecule has 112 valence electrons. The van der Waals surface area contributed by atoms with Gasteiger partial charge in [-0.25, -0.2) is 0 Å². The van der Waals surface area contributed by atoms with Crippen molar-refractivity contribution in [2.24, 2.45) is 5.73 Å². The third kappa shape index (κ3) is 2.16. The maximum absolute atomic E-state index is 9.46. The Morgan fingerprint density at radius 2 is 2.18 bits per heavy atom. The highest BCUT2D eigenvalue weighted by atomic mass is 16.5. The number of fused-ring (bicyclic) bond motifs is 1. The highest BCUT2D eigenvalue weighted by molar-refractivity contribution is 5.55. The van der Waals surface area contributed by atoms with Crippen molar-refractivity contribution in [3.63, 3.8) is 0 Å². The predicted octanol–water partition coefficient (Wildman–Crippen LogP) is 1.48. The van der Waals surface area contributed by atoms with Gasteiger partial charge in [0.05, 0.1) is 23.8 Å². The summed E-state index contributed by atoms with van der Waals surface area (Å²) in [5.74, 6) is 0.0965. The molecule has 0 saturated carbocycles. The molecule has 7 heteroatoms. The van der Waals surface area contributed by atoms with Crippen LogP contribution in [0.2, 0.25) is 0 Å². The Morgan fingerprint density at radius 1 is 1.45 bits per heavy atom. The van der Waals surface area contributed by atoms with E-state index in [-0.39, 0.29) is 11.6 Å². The molecular formula is C15H14N4O3. The molecule has 0 fully saturated rings. The van der Waals surface area contributed by atoms with Crippen LogP contribution in [-0.4, -0.2) is 22.4 Å². The van der Waals surface area contributed by atoms with Crippen LogP contribution in [0.3, 0.4) is 0 Å². The van der Waals surface area contributed by atoms with E-state index in [1.807, 2.05) is 0 Å². The minimum absolute atomic E-state index is 0.0311. The fourth-order valence-corrected chi connectivity index (χ4v) is 2.56. The summed E-state index contributed by atoms with van der Waals surface area (Å²) in [6.45, 7) is 0.304. The second-order valence-corrected chi connectivity index (χ2v) is 4.87. The van der Waals surface area contributed by atoms with Gasteiger partial charge in [-0.1, -0.05) is 12.1 Å². The fraction of sp³-hybridized carbons (Fsp3) is 0.200. The second-order valence-electron chi connectivity index (χ2n) is 4.87. The Labute approximate surface area is 126 Å². The molecule has 1 aromatic carbocycles.